The smallest absolute Gasteiger partial charge is 0.212 e. The number of benzene rings is 1. The largest absolute Gasteiger partial charge is 0.364 e. The predicted octanol–water partition coefficient (Wildman–Crippen LogP) is 6.16. The van der Waals surface area contributed by atoms with E-state index in [0.29, 0.717) is 12.0 Å². The lowest BCUT2D eigenvalue weighted by Crippen LogP contribution is -2.40. The maximum absolute atomic E-state index is 2.46. The molecule has 2 unspecified atom stereocenters. The van der Waals surface area contributed by atoms with Gasteiger partial charge < -0.3 is 4.90 Å². The SMILES string of the molecule is CCN1/C(=C/C=CC=CC=Cc2ccc3ccccc3[n+]2CC)C=CC2C=CC=CC21. The molecule has 2 atom stereocenters. The molecule has 156 valence electrons. The Morgan fingerprint density at radius 1 is 0.871 bits per heavy atom. The summed E-state index contributed by atoms with van der Waals surface area (Å²) < 4.78 is 2.34. The number of para-hydroxylation sites is 1. The Bertz CT molecular complexity index is 1120. The fourth-order valence-corrected chi connectivity index (χ4v) is 4.40. The molecule has 0 bridgehead atoms. The number of aromatic nitrogens is 1. The summed E-state index contributed by atoms with van der Waals surface area (Å²) in [6.45, 7) is 6.37. The van der Waals surface area contributed by atoms with Crippen molar-refractivity contribution < 1.29 is 4.57 Å². The van der Waals surface area contributed by atoms with Gasteiger partial charge in [0.1, 0.15) is 6.54 Å². The summed E-state index contributed by atoms with van der Waals surface area (Å²) >= 11 is 0. The number of rotatable bonds is 6. The van der Waals surface area contributed by atoms with Crippen molar-refractivity contribution in [3.8, 4) is 0 Å². The van der Waals surface area contributed by atoms with Crippen LogP contribution in [0, 0.1) is 5.92 Å². The lowest BCUT2D eigenvalue weighted by molar-refractivity contribution is -0.669. The van der Waals surface area contributed by atoms with Gasteiger partial charge in [0.2, 0.25) is 11.2 Å². The molecule has 0 spiro atoms. The van der Waals surface area contributed by atoms with Crippen LogP contribution in [0.3, 0.4) is 0 Å². The van der Waals surface area contributed by atoms with Gasteiger partial charge in [-0.25, -0.2) is 0 Å². The van der Waals surface area contributed by atoms with Crippen molar-refractivity contribution in [3.05, 3.63) is 121 Å². The highest BCUT2D eigenvalue weighted by Crippen LogP contribution is 2.28. The Labute approximate surface area is 186 Å². The van der Waals surface area contributed by atoms with E-state index in [1.165, 1.54) is 22.3 Å². The van der Waals surface area contributed by atoms with E-state index in [2.05, 4.69) is 139 Å². The van der Waals surface area contributed by atoms with E-state index in [0.717, 1.165) is 13.1 Å². The zero-order valence-electron chi connectivity index (χ0n) is 18.4. The first kappa shape index (κ1) is 20.9. The maximum atomic E-state index is 2.46. The van der Waals surface area contributed by atoms with Gasteiger partial charge in [-0.3, -0.25) is 0 Å². The molecule has 0 N–H and O–H groups in total. The van der Waals surface area contributed by atoms with Crippen molar-refractivity contribution in [1.29, 1.82) is 0 Å². The van der Waals surface area contributed by atoms with E-state index in [9.17, 15) is 0 Å². The third-order valence-electron chi connectivity index (χ3n) is 5.94. The van der Waals surface area contributed by atoms with Gasteiger partial charge in [0, 0.05) is 41.8 Å². The summed E-state index contributed by atoms with van der Waals surface area (Å²) in [4.78, 5) is 2.46. The van der Waals surface area contributed by atoms with Crippen molar-refractivity contribution in [1.82, 2.24) is 4.90 Å². The summed E-state index contributed by atoms with van der Waals surface area (Å²) in [6, 6.07) is 13.4. The van der Waals surface area contributed by atoms with Gasteiger partial charge in [-0.15, -0.1) is 0 Å². The summed E-state index contributed by atoms with van der Waals surface area (Å²) in [5.74, 6) is 0.483. The molecule has 2 heteroatoms. The Kier molecular flexibility index (Phi) is 6.78. The van der Waals surface area contributed by atoms with Crippen LogP contribution < -0.4 is 4.57 Å². The number of hydrogen-bond acceptors (Lipinski definition) is 1. The molecule has 0 saturated heterocycles. The summed E-state index contributed by atoms with van der Waals surface area (Å²) in [7, 11) is 0. The van der Waals surface area contributed by atoms with E-state index >= 15 is 0 Å². The molecule has 0 radical (unpaired) electrons. The second kappa shape index (κ2) is 10.1. The Balaban J connectivity index is 1.42. The maximum Gasteiger partial charge on any atom is 0.212 e. The molecular weight excluding hydrogens is 376 g/mol. The average molecular weight is 408 g/mol. The molecule has 1 aliphatic heterocycles. The van der Waals surface area contributed by atoms with Crippen molar-refractivity contribution >= 4 is 17.0 Å². The molecular formula is C29H31N2+. The van der Waals surface area contributed by atoms with Crippen LogP contribution >= 0.6 is 0 Å². The van der Waals surface area contributed by atoms with Gasteiger partial charge in [0.15, 0.2) is 0 Å². The van der Waals surface area contributed by atoms with Gasteiger partial charge in [-0.2, -0.15) is 4.57 Å². The summed E-state index contributed by atoms with van der Waals surface area (Å²) in [5.41, 5.74) is 3.75. The van der Waals surface area contributed by atoms with Gasteiger partial charge in [0.05, 0.1) is 6.04 Å². The molecule has 1 aromatic carbocycles. The molecule has 4 rings (SSSR count). The fraction of sp³-hybridized carbons (Fsp3) is 0.207. The zero-order valence-corrected chi connectivity index (χ0v) is 18.4. The monoisotopic (exact) mass is 407 g/mol. The molecule has 2 nitrogen and oxygen atoms in total. The highest BCUT2D eigenvalue weighted by molar-refractivity contribution is 5.76. The molecule has 0 saturated carbocycles. The van der Waals surface area contributed by atoms with E-state index in [1.807, 2.05) is 0 Å². The van der Waals surface area contributed by atoms with Crippen molar-refractivity contribution in [2.45, 2.75) is 26.4 Å². The van der Waals surface area contributed by atoms with Crippen LogP contribution in [0.4, 0.5) is 0 Å². The minimum absolute atomic E-state index is 0.436. The third-order valence-corrected chi connectivity index (χ3v) is 5.94. The number of likely N-dealkylation sites (N-methyl/N-ethyl adjacent to an activating group) is 1. The minimum atomic E-state index is 0.436. The number of aryl methyl sites for hydroxylation is 1. The number of fused-ring (bicyclic) bond motifs is 2. The standard InChI is InChI=1S/C29H31N2/c1-3-30-26(22-20-24-14-10-12-18-28(24)30)16-8-6-5-7-9-17-27-23-21-25-15-11-13-19-29(25)31(27)4-2/h5-24,28H,3-4H2,1-2H3/q+1. The van der Waals surface area contributed by atoms with Crippen molar-refractivity contribution in [2.24, 2.45) is 5.92 Å². The molecule has 2 aromatic rings. The average Bonchev–Trinajstić information content (AvgIpc) is 2.82. The van der Waals surface area contributed by atoms with Gasteiger partial charge in [0.25, 0.3) is 0 Å². The van der Waals surface area contributed by atoms with Crippen molar-refractivity contribution in [2.75, 3.05) is 6.54 Å². The first-order valence-corrected chi connectivity index (χ1v) is 11.2. The van der Waals surface area contributed by atoms with Gasteiger partial charge in [-0.05, 0) is 38.1 Å². The second-order valence-corrected chi connectivity index (χ2v) is 7.76. The zero-order chi connectivity index (χ0) is 21.5. The number of hydrogen-bond donors (Lipinski definition) is 0. The molecule has 31 heavy (non-hydrogen) atoms. The third kappa shape index (κ3) is 4.69. The topological polar surface area (TPSA) is 7.12 Å². The Hall–Kier alpha value is -3.39. The molecule has 0 amide bonds. The summed E-state index contributed by atoms with van der Waals surface area (Å²) in [5, 5.41) is 1.27. The first-order chi connectivity index (χ1) is 15.3. The number of allylic oxidation sites excluding steroid dienone is 9. The molecule has 2 aliphatic rings. The molecule has 2 heterocycles. The van der Waals surface area contributed by atoms with Crippen LogP contribution in [-0.2, 0) is 6.54 Å². The quantitative estimate of drug-likeness (QED) is 0.411. The Morgan fingerprint density at radius 3 is 2.55 bits per heavy atom. The van der Waals surface area contributed by atoms with Crippen LogP contribution in [0.1, 0.15) is 19.5 Å². The highest BCUT2D eigenvalue weighted by Gasteiger charge is 2.26. The number of nitrogens with zero attached hydrogens (tertiary/aromatic N) is 2. The molecule has 1 aliphatic carbocycles. The second-order valence-electron chi connectivity index (χ2n) is 7.76. The van der Waals surface area contributed by atoms with Crippen molar-refractivity contribution in [3.63, 3.8) is 0 Å². The number of pyridine rings is 1. The van der Waals surface area contributed by atoms with Crippen LogP contribution in [0.2, 0.25) is 0 Å². The Morgan fingerprint density at radius 2 is 1.68 bits per heavy atom. The fourth-order valence-electron chi connectivity index (χ4n) is 4.40. The van der Waals surface area contributed by atoms with E-state index in [4.69, 9.17) is 0 Å². The normalized spacial score (nSPS) is 22.0. The lowest BCUT2D eigenvalue weighted by Gasteiger charge is -2.39. The minimum Gasteiger partial charge on any atom is -0.364 e. The lowest BCUT2D eigenvalue weighted by atomic mass is 9.89. The summed E-state index contributed by atoms with van der Waals surface area (Å²) in [6.07, 6.45) is 28.3. The van der Waals surface area contributed by atoms with Crippen LogP contribution in [0.15, 0.2) is 115 Å². The molecule has 0 fully saturated rings. The van der Waals surface area contributed by atoms with E-state index in [1.54, 1.807) is 0 Å². The first-order valence-electron chi connectivity index (χ1n) is 11.2. The van der Waals surface area contributed by atoms with Gasteiger partial charge >= 0.3 is 0 Å². The molecule has 1 aromatic heterocycles. The van der Waals surface area contributed by atoms with Crippen LogP contribution in [-0.4, -0.2) is 17.5 Å². The highest BCUT2D eigenvalue weighted by atomic mass is 15.2. The van der Waals surface area contributed by atoms with E-state index < -0.39 is 0 Å². The van der Waals surface area contributed by atoms with Crippen LogP contribution in [0.5, 0.6) is 0 Å². The van der Waals surface area contributed by atoms with Gasteiger partial charge in [-0.1, -0.05) is 72.9 Å². The van der Waals surface area contributed by atoms with E-state index in [-0.39, 0.29) is 0 Å². The van der Waals surface area contributed by atoms with Crippen LogP contribution in [0.25, 0.3) is 17.0 Å². The predicted molar refractivity (Wildman–Crippen MR) is 132 cm³/mol.